The summed E-state index contributed by atoms with van der Waals surface area (Å²) in [7, 11) is 0. The highest BCUT2D eigenvalue weighted by Gasteiger charge is 2.33. The van der Waals surface area contributed by atoms with Crippen molar-refractivity contribution in [2.24, 2.45) is 0 Å². The van der Waals surface area contributed by atoms with E-state index >= 15 is 0 Å². The highest BCUT2D eigenvalue weighted by Crippen LogP contribution is 2.29. The van der Waals surface area contributed by atoms with Crippen LogP contribution >= 0.6 is 0 Å². The molecule has 23 heavy (non-hydrogen) atoms. The van der Waals surface area contributed by atoms with Crippen molar-refractivity contribution in [3.8, 4) is 5.75 Å². The van der Waals surface area contributed by atoms with Crippen molar-refractivity contribution in [3.63, 3.8) is 0 Å². The van der Waals surface area contributed by atoms with Gasteiger partial charge in [-0.3, -0.25) is 0 Å². The lowest BCUT2D eigenvalue weighted by molar-refractivity contribution is -0.274. The summed E-state index contributed by atoms with van der Waals surface area (Å²) in [6.07, 6.45) is -9.18. The molecule has 1 rings (SSSR count). The van der Waals surface area contributed by atoms with E-state index in [-0.39, 0.29) is 6.61 Å². The molecule has 2 unspecified atom stereocenters. The van der Waals surface area contributed by atoms with E-state index in [9.17, 15) is 33.0 Å². The monoisotopic (exact) mass is 338 g/mol. The Morgan fingerprint density at radius 1 is 1.22 bits per heavy atom. The van der Waals surface area contributed by atoms with Gasteiger partial charge in [0.25, 0.3) is 0 Å². The van der Waals surface area contributed by atoms with E-state index in [0.29, 0.717) is 12.1 Å². The maximum absolute atomic E-state index is 12.2. The van der Waals surface area contributed by atoms with Crippen LogP contribution in [0.3, 0.4) is 0 Å². The van der Waals surface area contributed by atoms with E-state index in [1.165, 1.54) is 6.92 Å². The van der Waals surface area contributed by atoms with Crippen molar-refractivity contribution >= 4 is 11.9 Å². The highest BCUT2D eigenvalue weighted by molar-refractivity contribution is 5.88. The fourth-order valence-electron chi connectivity index (χ4n) is 1.65. The molecule has 0 heterocycles. The molecule has 1 aromatic rings. The number of rotatable bonds is 6. The predicted molar refractivity (Wildman–Crippen MR) is 67.7 cm³/mol. The van der Waals surface area contributed by atoms with Gasteiger partial charge in [0.15, 0.2) is 6.10 Å². The summed E-state index contributed by atoms with van der Waals surface area (Å²) in [6.45, 7) is 1.34. The van der Waals surface area contributed by atoms with Crippen molar-refractivity contribution in [2.45, 2.75) is 25.5 Å². The molecule has 1 aromatic carbocycles. The standard InChI is InChI=1S/C13H13F3O7/c1-2-22-12(21)10(18)9(17)6-3-7(11(19)20)5-8(4-6)23-13(14,15)16/h3-5,9-10,17-18H,2H2,1H3,(H,19,20). The van der Waals surface area contributed by atoms with Gasteiger partial charge in [0.1, 0.15) is 11.9 Å². The number of hydrogen-bond donors (Lipinski definition) is 3. The van der Waals surface area contributed by atoms with Crippen LogP contribution in [-0.2, 0) is 9.53 Å². The summed E-state index contributed by atoms with van der Waals surface area (Å²) in [4.78, 5) is 22.3. The summed E-state index contributed by atoms with van der Waals surface area (Å²) < 4.78 is 44.8. The molecule has 0 bridgehead atoms. The molecule has 0 aliphatic heterocycles. The first-order valence-corrected chi connectivity index (χ1v) is 6.22. The van der Waals surface area contributed by atoms with Gasteiger partial charge in [-0.05, 0) is 30.7 Å². The third-order valence-corrected chi connectivity index (χ3v) is 2.58. The normalized spacial score (nSPS) is 14.0. The molecule has 0 aliphatic carbocycles. The zero-order chi connectivity index (χ0) is 17.8. The zero-order valence-corrected chi connectivity index (χ0v) is 11.7. The van der Waals surface area contributed by atoms with E-state index in [4.69, 9.17) is 5.11 Å². The molecule has 0 aliphatic rings. The molecule has 2 atom stereocenters. The van der Waals surface area contributed by atoms with Crippen molar-refractivity contribution in [1.82, 2.24) is 0 Å². The Morgan fingerprint density at radius 2 is 1.83 bits per heavy atom. The maximum Gasteiger partial charge on any atom is 0.573 e. The van der Waals surface area contributed by atoms with Gasteiger partial charge in [0.2, 0.25) is 0 Å². The van der Waals surface area contributed by atoms with Gasteiger partial charge in [-0.2, -0.15) is 0 Å². The van der Waals surface area contributed by atoms with E-state index in [1.54, 1.807) is 0 Å². The molecule has 0 aromatic heterocycles. The molecular formula is C13H13F3O7. The quantitative estimate of drug-likeness (QED) is 0.669. The molecule has 3 N–H and O–H groups in total. The number of halogens is 3. The number of hydrogen-bond acceptors (Lipinski definition) is 6. The molecule has 0 fully saturated rings. The average Bonchev–Trinajstić information content (AvgIpc) is 2.43. The molecule has 128 valence electrons. The number of esters is 1. The average molecular weight is 338 g/mol. The van der Waals surface area contributed by atoms with Crippen molar-refractivity contribution in [2.75, 3.05) is 6.61 Å². The van der Waals surface area contributed by atoms with E-state index in [0.717, 1.165) is 6.07 Å². The summed E-state index contributed by atoms with van der Waals surface area (Å²) in [5.41, 5.74) is -1.08. The Bertz CT molecular complexity index is 585. The van der Waals surface area contributed by atoms with Crippen molar-refractivity contribution < 1.29 is 47.6 Å². The summed E-state index contributed by atoms with van der Waals surface area (Å²) >= 11 is 0. The Kier molecular flexibility index (Phi) is 5.93. The number of carbonyl (C=O) groups excluding carboxylic acids is 1. The first kappa shape index (κ1) is 18.7. The number of alkyl halides is 3. The molecule has 0 saturated carbocycles. The van der Waals surface area contributed by atoms with Gasteiger partial charge in [0, 0.05) is 0 Å². The van der Waals surface area contributed by atoms with E-state index in [2.05, 4.69) is 9.47 Å². The predicted octanol–water partition coefficient (Wildman–Crippen LogP) is 1.24. The van der Waals surface area contributed by atoms with Crippen LogP contribution in [0.4, 0.5) is 13.2 Å². The Morgan fingerprint density at radius 3 is 2.30 bits per heavy atom. The first-order valence-electron chi connectivity index (χ1n) is 6.22. The fraction of sp³-hybridized carbons (Fsp3) is 0.385. The minimum Gasteiger partial charge on any atom is -0.478 e. The third-order valence-electron chi connectivity index (χ3n) is 2.58. The number of aliphatic hydroxyl groups excluding tert-OH is 2. The summed E-state index contributed by atoms with van der Waals surface area (Å²) in [6, 6.07) is 2.05. The number of carboxylic acids is 1. The molecule has 0 radical (unpaired) electrons. The van der Waals surface area contributed by atoms with Gasteiger partial charge in [-0.1, -0.05) is 0 Å². The van der Waals surface area contributed by atoms with E-state index < -0.39 is 47.4 Å². The second kappa shape index (κ2) is 7.29. The minimum atomic E-state index is -5.08. The van der Waals surface area contributed by atoms with Crippen LogP contribution in [0.15, 0.2) is 18.2 Å². The molecule has 0 spiro atoms. The van der Waals surface area contributed by atoms with Crippen LogP contribution in [-0.4, -0.2) is 46.3 Å². The second-order valence-electron chi connectivity index (χ2n) is 4.29. The lowest BCUT2D eigenvalue weighted by atomic mass is 10.0. The lowest BCUT2D eigenvalue weighted by Crippen LogP contribution is -2.30. The smallest absolute Gasteiger partial charge is 0.478 e. The van der Waals surface area contributed by atoms with Crippen LogP contribution in [0, 0.1) is 0 Å². The number of ether oxygens (including phenoxy) is 2. The molecule has 7 nitrogen and oxygen atoms in total. The first-order chi connectivity index (χ1) is 10.5. The Balaban J connectivity index is 3.18. The summed E-state index contributed by atoms with van der Waals surface area (Å²) in [5, 5.41) is 28.3. The number of aliphatic hydroxyl groups is 2. The molecule has 10 heteroatoms. The largest absolute Gasteiger partial charge is 0.573 e. The summed E-state index contributed by atoms with van der Waals surface area (Å²) in [5.74, 6) is -3.71. The number of carboxylic acid groups (broad SMARTS) is 1. The van der Waals surface area contributed by atoms with E-state index in [1.807, 2.05) is 0 Å². The SMILES string of the molecule is CCOC(=O)C(O)C(O)c1cc(OC(F)(F)F)cc(C(=O)O)c1. The fourth-order valence-corrected chi connectivity index (χ4v) is 1.65. The Hall–Kier alpha value is -2.33. The zero-order valence-electron chi connectivity index (χ0n) is 11.7. The van der Waals surface area contributed by atoms with Crippen molar-refractivity contribution in [1.29, 1.82) is 0 Å². The second-order valence-corrected chi connectivity index (χ2v) is 4.29. The molecule has 0 amide bonds. The minimum absolute atomic E-state index is 0.0970. The van der Waals surface area contributed by atoms with Gasteiger partial charge >= 0.3 is 18.3 Å². The topological polar surface area (TPSA) is 113 Å². The molecule has 0 saturated heterocycles. The third kappa shape index (κ3) is 5.42. The van der Waals surface area contributed by atoms with Crippen LogP contribution in [0.2, 0.25) is 0 Å². The number of carbonyl (C=O) groups is 2. The lowest BCUT2D eigenvalue weighted by Gasteiger charge is -2.18. The van der Waals surface area contributed by atoms with Gasteiger partial charge < -0.3 is 24.8 Å². The van der Waals surface area contributed by atoms with Gasteiger partial charge in [-0.25, -0.2) is 9.59 Å². The molecular weight excluding hydrogens is 325 g/mol. The van der Waals surface area contributed by atoms with Crippen LogP contribution in [0.1, 0.15) is 28.9 Å². The Labute approximate surface area is 127 Å². The van der Waals surface area contributed by atoms with Crippen molar-refractivity contribution in [3.05, 3.63) is 29.3 Å². The number of aromatic carboxylic acids is 1. The van der Waals surface area contributed by atoms with Crippen LogP contribution in [0.25, 0.3) is 0 Å². The maximum atomic E-state index is 12.2. The number of benzene rings is 1. The van der Waals surface area contributed by atoms with Crippen LogP contribution in [0.5, 0.6) is 5.75 Å². The van der Waals surface area contributed by atoms with Gasteiger partial charge in [0.05, 0.1) is 12.2 Å². The van der Waals surface area contributed by atoms with Gasteiger partial charge in [-0.15, -0.1) is 13.2 Å². The van der Waals surface area contributed by atoms with Crippen LogP contribution < -0.4 is 4.74 Å². The highest BCUT2D eigenvalue weighted by atomic mass is 19.4.